The van der Waals surface area contributed by atoms with Crippen molar-refractivity contribution in [1.82, 2.24) is 29.3 Å². The standard InChI is InChI=1S/C28H36N6O6/c1-28(2,3)23-14-19(34(27(36)37)17-18-13-21-22(15-29-18)40-12-11-39-21)7-8-32(23)9-10-33-25(35)6-5-20-26(33)31-24(38-4)16-30-20/h5-6,13,15-16,19,23H,7-12,14,17H2,1-4H3,(H,36,37). The van der Waals surface area contributed by atoms with Gasteiger partial charge in [0.05, 0.1) is 31.7 Å². The van der Waals surface area contributed by atoms with Crippen molar-refractivity contribution in [2.45, 2.75) is 58.8 Å². The van der Waals surface area contributed by atoms with E-state index in [4.69, 9.17) is 14.2 Å². The second-order valence-electron chi connectivity index (χ2n) is 11.3. The Bertz CT molecular complexity index is 1440. The van der Waals surface area contributed by atoms with Crippen molar-refractivity contribution < 1.29 is 24.1 Å². The van der Waals surface area contributed by atoms with Crippen LogP contribution < -0.4 is 19.8 Å². The maximum atomic E-state index is 12.8. The number of fused-ring (bicyclic) bond motifs is 2. The third-order valence-corrected chi connectivity index (χ3v) is 7.68. The first-order valence-corrected chi connectivity index (χ1v) is 13.5. The lowest BCUT2D eigenvalue weighted by molar-refractivity contribution is 0.0128. The van der Waals surface area contributed by atoms with Crippen molar-refractivity contribution >= 4 is 17.3 Å². The summed E-state index contributed by atoms with van der Waals surface area (Å²) >= 11 is 0. The summed E-state index contributed by atoms with van der Waals surface area (Å²) in [6, 6.07) is 4.85. The first kappa shape index (κ1) is 27.6. The van der Waals surface area contributed by atoms with Crippen LogP contribution in [0.4, 0.5) is 4.79 Å². The molecule has 2 atom stereocenters. The Kier molecular flexibility index (Phi) is 7.79. The molecule has 0 radical (unpaired) electrons. The Labute approximate surface area is 232 Å². The molecule has 2 unspecified atom stereocenters. The molecule has 1 saturated heterocycles. The van der Waals surface area contributed by atoms with E-state index in [2.05, 4.69) is 40.6 Å². The number of aromatic nitrogens is 4. The van der Waals surface area contributed by atoms with E-state index in [0.717, 1.165) is 0 Å². The van der Waals surface area contributed by atoms with Gasteiger partial charge in [0.2, 0.25) is 5.88 Å². The van der Waals surface area contributed by atoms with Crippen LogP contribution in [0.5, 0.6) is 17.4 Å². The van der Waals surface area contributed by atoms with Gasteiger partial charge in [-0.25, -0.2) is 9.78 Å². The highest BCUT2D eigenvalue weighted by Crippen LogP contribution is 2.35. The van der Waals surface area contributed by atoms with Crippen LogP contribution in [-0.4, -0.2) is 86.0 Å². The van der Waals surface area contributed by atoms with E-state index in [-0.39, 0.29) is 29.6 Å². The van der Waals surface area contributed by atoms with Crippen molar-refractivity contribution in [2.75, 3.05) is 33.4 Å². The van der Waals surface area contributed by atoms with Crippen molar-refractivity contribution in [3.05, 3.63) is 46.6 Å². The Morgan fingerprint density at radius 1 is 1.15 bits per heavy atom. The zero-order chi connectivity index (χ0) is 28.4. The molecule has 214 valence electrons. The molecule has 5 rings (SSSR count). The largest absolute Gasteiger partial charge is 0.486 e. The van der Waals surface area contributed by atoms with E-state index in [9.17, 15) is 14.7 Å². The smallest absolute Gasteiger partial charge is 0.407 e. The summed E-state index contributed by atoms with van der Waals surface area (Å²) in [5, 5.41) is 10.2. The van der Waals surface area contributed by atoms with Crippen LogP contribution >= 0.6 is 0 Å². The first-order chi connectivity index (χ1) is 19.1. The highest BCUT2D eigenvalue weighted by molar-refractivity contribution is 5.70. The van der Waals surface area contributed by atoms with Crippen molar-refractivity contribution in [3.63, 3.8) is 0 Å². The van der Waals surface area contributed by atoms with Gasteiger partial charge in [-0.05, 0) is 24.3 Å². The maximum Gasteiger partial charge on any atom is 0.407 e. The van der Waals surface area contributed by atoms with E-state index in [1.807, 2.05) is 0 Å². The molecule has 0 bridgehead atoms. The van der Waals surface area contributed by atoms with Gasteiger partial charge in [0.1, 0.15) is 18.7 Å². The number of nitrogens with zero attached hydrogens (tertiary/aromatic N) is 6. The summed E-state index contributed by atoms with van der Waals surface area (Å²) in [6.45, 7) is 9.33. The maximum absolute atomic E-state index is 12.8. The number of hydrogen-bond donors (Lipinski definition) is 1. The number of carbonyl (C=O) groups is 1. The van der Waals surface area contributed by atoms with Crippen LogP contribution in [0.25, 0.3) is 11.2 Å². The Morgan fingerprint density at radius 3 is 2.65 bits per heavy atom. The molecule has 40 heavy (non-hydrogen) atoms. The van der Waals surface area contributed by atoms with Gasteiger partial charge in [-0.3, -0.25) is 24.1 Å². The second-order valence-corrected chi connectivity index (χ2v) is 11.3. The third-order valence-electron chi connectivity index (χ3n) is 7.68. The molecule has 2 aliphatic rings. The molecule has 1 amide bonds. The fourth-order valence-electron chi connectivity index (χ4n) is 5.63. The molecular formula is C28H36N6O6. The summed E-state index contributed by atoms with van der Waals surface area (Å²) in [6.07, 6.45) is 3.49. The minimum absolute atomic E-state index is 0.0904. The minimum atomic E-state index is -0.974. The monoisotopic (exact) mass is 552 g/mol. The number of methoxy groups -OCH3 is 1. The molecule has 12 heteroatoms. The fraction of sp³-hybridized carbons (Fsp3) is 0.536. The summed E-state index contributed by atoms with van der Waals surface area (Å²) in [5.74, 6) is 1.52. The molecule has 1 N–H and O–H groups in total. The van der Waals surface area contributed by atoms with Gasteiger partial charge >= 0.3 is 6.09 Å². The zero-order valence-electron chi connectivity index (χ0n) is 23.4. The number of hydrogen-bond acceptors (Lipinski definition) is 9. The van der Waals surface area contributed by atoms with Crippen LogP contribution in [0.1, 0.15) is 39.3 Å². The predicted molar refractivity (Wildman–Crippen MR) is 147 cm³/mol. The summed E-state index contributed by atoms with van der Waals surface area (Å²) < 4.78 is 18.1. The number of pyridine rings is 2. The molecule has 3 aromatic heterocycles. The molecule has 2 aliphatic heterocycles. The molecule has 0 spiro atoms. The van der Waals surface area contributed by atoms with E-state index < -0.39 is 6.09 Å². The van der Waals surface area contributed by atoms with Crippen LogP contribution in [0.15, 0.2) is 35.4 Å². The van der Waals surface area contributed by atoms with E-state index in [1.54, 1.807) is 22.9 Å². The average Bonchev–Trinajstić information content (AvgIpc) is 2.94. The number of likely N-dealkylation sites (tertiary alicyclic amines) is 1. The molecule has 1 fully saturated rings. The van der Waals surface area contributed by atoms with Crippen molar-refractivity contribution in [1.29, 1.82) is 0 Å². The van der Waals surface area contributed by atoms with Crippen LogP contribution in [-0.2, 0) is 13.1 Å². The van der Waals surface area contributed by atoms with E-state index in [1.165, 1.54) is 24.3 Å². The van der Waals surface area contributed by atoms with Gasteiger partial charge in [-0.15, -0.1) is 0 Å². The third kappa shape index (κ3) is 5.81. The molecule has 0 aliphatic carbocycles. The topological polar surface area (TPSA) is 132 Å². The van der Waals surface area contributed by atoms with Gasteiger partial charge in [-0.1, -0.05) is 20.8 Å². The van der Waals surface area contributed by atoms with Gasteiger partial charge in [-0.2, -0.15) is 4.98 Å². The minimum Gasteiger partial charge on any atom is -0.486 e. The average molecular weight is 553 g/mol. The Balaban J connectivity index is 1.33. The van der Waals surface area contributed by atoms with Gasteiger partial charge in [0.15, 0.2) is 17.1 Å². The number of ether oxygens (including phenoxy) is 3. The number of rotatable bonds is 7. The lowest BCUT2D eigenvalue weighted by Crippen LogP contribution is -2.55. The van der Waals surface area contributed by atoms with Gasteiger partial charge in [0.25, 0.3) is 5.56 Å². The molecule has 0 aromatic carbocycles. The highest BCUT2D eigenvalue weighted by Gasteiger charge is 2.39. The molecule has 12 nitrogen and oxygen atoms in total. The molecular weight excluding hydrogens is 516 g/mol. The molecule has 5 heterocycles. The molecule has 3 aromatic rings. The van der Waals surface area contributed by atoms with Crippen LogP contribution in [0.3, 0.4) is 0 Å². The Hall–Kier alpha value is -3.93. The lowest BCUT2D eigenvalue weighted by Gasteiger charge is -2.48. The van der Waals surface area contributed by atoms with Gasteiger partial charge in [0, 0.05) is 43.9 Å². The van der Waals surface area contributed by atoms with Crippen molar-refractivity contribution in [2.24, 2.45) is 5.41 Å². The number of carboxylic acid groups (broad SMARTS) is 1. The van der Waals surface area contributed by atoms with E-state index in [0.29, 0.717) is 79.9 Å². The summed E-state index contributed by atoms with van der Waals surface area (Å²) in [5.41, 5.74) is 1.45. The first-order valence-electron chi connectivity index (χ1n) is 13.5. The summed E-state index contributed by atoms with van der Waals surface area (Å²) in [4.78, 5) is 42.3. The van der Waals surface area contributed by atoms with Crippen LogP contribution in [0, 0.1) is 5.41 Å². The van der Waals surface area contributed by atoms with E-state index >= 15 is 0 Å². The van der Waals surface area contributed by atoms with Crippen LogP contribution in [0.2, 0.25) is 0 Å². The second kappa shape index (κ2) is 11.3. The zero-order valence-corrected chi connectivity index (χ0v) is 23.4. The highest BCUT2D eigenvalue weighted by atomic mass is 16.6. The van der Waals surface area contributed by atoms with Gasteiger partial charge < -0.3 is 19.3 Å². The SMILES string of the molecule is COc1cnc2ccc(=O)n(CCN3CCC(N(Cc4cc5c(cn4)OCCO5)C(=O)O)CC3C(C)(C)C)c2n1. The normalized spacial score (nSPS) is 19.4. The quantitative estimate of drug-likeness (QED) is 0.466. The number of piperidine rings is 1. The number of amides is 1. The lowest BCUT2D eigenvalue weighted by atomic mass is 9.78. The predicted octanol–water partition coefficient (Wildman–Crippen LogP) is 3.03. The fourth-order valence-corrected chi connectivity index (χ4v) is 5.63. The molecule has 0 saturated carbocycles. The Morgan fingerprint density at radius 2 is 1.93 bits per heavy atom. The summed E-state index contributed by atoms with van der Waals surface area (Å²) in [7, 11) is 1.52. The van der Waals surface area contributed by atoms with Crippen molar-refractivity contribution in [3.8, 4) is 17.4 Å².